The van der Waals surface area contributed by atoms with Gasteiger partial charge in [-0.15, -0.1) is 0 Å². The van der Waals surface area contributed by atoms with Gasteiger partial charge < -0.3 is 14.2 Å². The minimum absolute atomic E-state index is 0.0587. The molecule has 18 heavy (non-hydrogen) atoms. The zero-order valence-electron chi connectivity index (χ0n) is 10.3. The second kappa shape index (κ2) is 5.79. The highest BCUT2D eigenvalue weighted by atomic mass is 16.5. The summed E-state index contributed by atoms with van der Waals surface area (Å²) in [7, 11) is 7.24. The normalized spacial score (nSPS) is 16.0. The van der Waals surface area contributed by atoms with Gasteiger partial charge in [0.05, 0.1) is 25.9 Å². The van der Waals surface area contributed by atoms with Crippen LogP contribution in [0.5, 0.6) is 11.5 Å². The van der Waals surface area contributed by atoms with Crippen LogP contribution in [0.2, 0.25) is 0 Å². The molecule has 0 spiro atoms. The predicted octanol–water partition coefficient (Wildman–Crippen LogP) is 0.918. The van der Waals surface area contributed by atoms with Crippen LogP contribution in [0.1, 0.15) is 18.4 Å². The van der Waals surface area contributed by atoms with Crippen LogP contribution in [0.15, 0.2) is 12.1 Å². The molecule has 1 aromatic rings. The van der Waals surface area contributed by atoms with Crippen LogP contribution in [0, 0.1) is 11.3 Å². The first-order chi connectivity index (χ1) is 8.74. The molecule has 1 aliphatic heterocycles. The first-order valence-corrected chi connectivity index (χ1v) is 5.86. The van der Waals surface area contributed by atoms with Gasteiger partial charge in [0.2, 0.25) is 0 Å². The summed E-state index contributed by atoms with van der Waals surface area (Å²) in [5.74, 6) is 0.971. The first kappa shape index (κ1) is 12.8. The van der Waals surface area contributed by atoms with Gasteiger partial charge in [-0.2, -0.15) is 5.26 Å². The Hall–Kier alpha value is -1.67. The lowest BCUT2D eigenvalue weighted by molar-refractivity contribution is 0.0244. The van der Waals surface area contributed by atoms with Crippen molar-refractivity contribution in [2.75, 3.05) is 20.3 Å². The molecule has 2 radical (unpaired) electrons. The Morgan fingerprint density at radius 2 is 2.11 bits per heavy atom. The summed E-state index contributed by atoms with van der Waals surface area (Å²) < 4.78 is 16.4. The van der Waals surface area contributed by atoms with E-state index in [4.69, 9.17) is 27.3 Å². The van der Waals surface area contributed by atoms with E-state index in [9.17, 15) is 0 Å². The second-order valence-electron chi connectivity index (χ2n) is 4.14. The minimum Gasteiger partial charge on any atom is -0.493 e. The van der Waals surface area contributed by atoms with Crippen molar-refractivity contribution in [3.8, 4) is 17.6 Å². The highest BCUT2D eigenvalue weighted by molar-refractivity contribution is 6.32. The van der Waals surface area contributed by atoms with Crippen LogP contribution in [-0.4, -0.2) is 34.3 Å². The number of rotatable bonds is 3. The molecule has 5 heteroatoms. The second-order valence-corrected chi connectivity index (χ2v) is 4.14. The molecule has 4 nitrogen and oxygen atoms in total. The maximum Gasteiger partial charge on any atom is 0.179 e. The Labute approximate surface area is 108 Å². The summed E-state index contributed by atoms with van der Waals surface area (Å²) in [4.78, 5) is 0. The molecule has 0 atom stereocenters. The Kier molecular flexibility index (Phi) is 4.11. The molecule has 0 unspecified atom stereocenters. The van der Waals surface area contributed by atoms with Gasteiger partial charge in [-0.3, -0.25) is 0 Å². The fourth-order valence-electron chi connectivity index (χ4n) is 1.94. The SMILES string of the molecule is [B]c1cc(C#N)c(OC2CCOCC2)c(OC)c1. The van der Waals surface area contributed by atoms with Crippen molar-refractivity contribution in [3.63, 3.8) is 0 Å². The molecule has 0 amide bonds. The molecule has 0 N–H and O–H groups in total. The summed E-state index contributed by atoms with van der Waals surface area (Å²) in [6.45, 7) is 1.37. The van der Waals surface area contributed by atoms with E-state index in [1.807, 2.05) is 0 Å². The fraction of sp³-hybridized carbons (Fsp3) is 0.462. The van der Waals surface area contributed by atoms with Gasteiger partial charge in [0, 0.05) is 12.8 Å². The molecule has 0 aliphatic carbocycles. The van der Waals surface area contributed by atoms with Gasteiger partial charge in [-0.1, -0.05) is 5.46 Å². The Balaban J connectivity index is 2.27. The lowest BCUT2D eigenvalue weighted by atomic mass is 9.93. The van der Waals surface area contributed by atoms with Crippen molar-refractivity contribution < 1.29 is 14.2 Å². The average molecular weight is 243 g/mol. The molecule has 1 aromatic carbocycles. The van der Waals surface area contributed by atoms with E-state index in [2.05, 4.69) is 6.07 Å². The Morgan fingerprint density at radius 3 is 2.72 bits per heavy atom. The number of benzene rings is 1. The summed E-state index contributed by atoms with van der Waals surface area (Å²) in [6, 6.07) is 5.34. The highest BCUT2D eigenvalue weighted by Gasteiger charge is 2.20. The zero-order chi connectivity index (χ0) is 13.0. The number of methoxy groups -OCH3 is 1. The Morgan fingerprint density at radius 1 is 1.39 bits per heavy atom. The number of ether oxygens (including phenoxy) is 3. The first-order valence-electron chi connectivity index (χ1n) is 5.86. The molecule has 1 saturated heterocycles. The maximum atomic E-state index is 9.13. The van der Waals surface area contributed by atoms with Gasteiger partial charge in [0.25, 0.3) is 0 Å². The van der Waals surface area contributed by atoms with Crippen molar-refractivity contribution in [1.82, 2.24) is 0 Å². The van der Waals surface area contributed by atoms with E-state index in [-0.39, 0.29) is 6.10 Å². The van der Waals surface area contributed by atoms with E-state index in [1.165, 1.54) is 7.11 Å². The molecule has 1 heterocycles. The fourth-order valence-corrected chi connectivity index (χ4v) is 1.94. The standard InChI is InChI=1S/C13H14BNO3/c1-16-12-7-10(14)6-9(8-15)13(12)18-11-2-4-17-5-3-11/h6-7,11H,2-5H2,1H3. The molecule has 92 valence electrons. The van der Waals surface area contributed by atoms with Crippen LogP contribution < -0.4 is 14.9 Å². The van der Waals surface area contributed by atoms with E-state index in [0.29, 0.717) is 35.7 Å². The molecule has 0 saturated carbocycles. The molecule has 0 aromatic heterocycles. The predicted molar refractivity (Wildman–Crippen MR) is 67.6 cm³/mol. The third-order valence-corrected chi connectivity index (χ3v) is 2.87. The third kappa shape index (κ3) is 2.77. The third-order valence-electron chi connectivity index (χ3n) is 2.87. The molecular weight excluding hydrogens is 229 g/mol. The van der Waals surface area contributed by atoms with E-state index >= 15 is 0 Å². The van der Waals surface area contributed by atoms with Gasteiger partial charge in [0.1, 0.15) is 20.0 Å². The number of hydrogen-bond acceptors (Lipinski definition) is 4. The van der Waals surface area contributed by atoms with Crippen LogP contribution in [0.25, 0.3) is 0 Å². The average Bonchev–Trinajstić information content (AvgIpc) is 2.41. The lowest BCUT2D eigenvalue weighted by Gasteiger charge is -2.24. The molecule has 1 aliphatic rings. The van der Waals surface area contributed by atoms with Crippen LogP contribution in [0.3, 0.4) is 0 Å². The molecule has 2 rings (SSSR count). The van der Waals surface area contributed by atoms with Crippen LogP contribution in [-0.2, 0) is 4.74 Å². The number of nitriles is 1. The largest absolute Gasteiger partial charge is 0.493 e. The molecular formula is C13H14BNO3. The van der Waals surface area contributed by atoms with Gasteiger partial charge in [0.15, 0.2) is 11.5 Å². The minimum atomic E-state index is 0.0587. The molecule has 1 fully saturated rings. The summed E-state index contributed by atoms with van der Waals surface area (Å²) >= 11 is 0. The lowest BCUT2D eigenvalue weighted by Crippen LogP contribution is -2.26. The van der Waals surface area contributed by atoms with Crippen molar-refractivity contribution in [2.24, 2.45) is 0 Å². The van der Waals surface area contributed by atoms with Crippen LogP contribution >= 0.6 is 0 Å². The quantitative estimate of drug-likeness (QED) is 0.740. The highest BCUT2D eigenvalue weighted by Crippen LogP contribution is 2.31. The summed E-state index contributed by atoms with van der Waals surface area (Å²) in [5, 5.41) is 9.13. The van der Waals surface area contributed by atoms with Gasteiger partial charge in [-0.25, -0.2) is 0 Å². The van der Waals surface area contributed by atoms with E-state index < -0.39 is 0 Å². The van der Waals surface area contributed by atoms with Gasteiger partial charge in [-0.05, 0) is 12.1 Å². The zero-order valence-corrected chi connectivity index (χ0v) is 10.3. The van der Waals surface area contributed by atoms with Crippen molar-refractivity contribution >= 4 is 13.3 Å². The monoisotopic (exact) mass is 243 g/mol. The maximum absolute atomic E-state index is 9.13. The van der Waals surface area contributed by atoms with E-state index in [0.717, 1.165) is 12.8 Å². The number of hydrogen-bond donors (Lipinski definition) is 0. The van der Waals surface area contributed by atoms with Crippen molar-refractivity contribution in [2.45, 2.75) is 18.9 Å². The number of nitrogens with zero attached hydrogens (tertiary/aromatic N) is 1. The summed E-state index contributed by atoms with van der Waals surface area (Å²) in [5.41, 5.74) is 0.890. The van der Waals surface area contributed by atoms with Crippen LogP contribution in [0.4, 0.5) is 0 Å². The topological polar surface area (TPSA) is 51.5 Å². The van der Waals surface area contributed by atoms with Crippen molar-refractivity contribution in [1.29, 1.82) is 5.26 Å². The molecule has 0 bridgehead atoms. The van der Waals surface area contributed by atoms with Crippen molar-refractivity contribution in [3.05, 3.63) is 17.7 Å². The smallest absolute Gasteiger partial charge is 0.179 e. The van der Waals surface area contributed by atoms with E-state index in [1.54, 1.807) is 12.1 Å². The Bertz CT molecular complexity index is 464. The summed E-state index contributed by atoms with van der Waals surface area (Å²) in [6.07, 6.45) is 1.69. The van der Waals surface area contributed by atoms with Gasteiger partial charge >= 0.3 is 0 Å².